The molecule has 0 saturated heterocycles. The van der Waals surface area contributed by atoms with E-state index >= 15 is 0 Å². The molecule has 2 heterocycles. The van der Waals surface area contributed by atoms with Gasteiger partial charge in [0.1, 0.15) is 12.2 Å². The molecule has 116 valence electrons. The molecule has 1 N–H and O–H groups in total. The predicted octanol–water partition coefficient (Wildman–Crippen LogP) is 2.01. The van der Waals surface area contributed by atoms with Crippen LogP contribution in [0.2, 0.25) is 0 Å². The van der Waals surface area contributed by atoms with Crippen molar-refractivity contribution in [3.05, 3.63) is 71.6 Å². The minimum absolute atomic E-state index is 0.697. The third kappa shape index (κ3) is 2.29. The van der Waals surface area contributed by atoms with E-state index in [1.54, 1.807) is 0 Å². The SMILES string of the molecule is CS(=O)(=O)N1C2=Cc3ccccc3[NH+]2C/C=C\c2ccccc21. The maximum Gasteiger partial charge on any atom is 0.240 e. The van der Waals surface area contributed by atoms with Crippen LogP contribution in [0.1, 0.15) is 11.1 Å². The molecule has 0 amide bonds. The van der Waals surface area contributed by atoms with E-state index in [1.807, 2.05) is 54.6 Å². The van der Waals surface area contributed by atoms with Crippen molar-refractivity contribution in [1.29, 1.82) is 0 Å². The Kier molecular flexibility index (Phi) is 3.14. The topological polar surface area (TPSA) is 41.8 Å². The molecule has 4 rings (SSSR count). The predicted molar refractivity (Wildman–Crippen MR) is 92.7 cm³/mol. The molecule has 0 fully saturated rings. The Morgan fingerprint density at radius 3 is 2.48 bits per heavy atom. The fourth-order valence-electron chi connectivity index (χ4n) is 3.27. The molecule has 2 aliphatic rings. The van der Waals surface area contributed by atoms with Gasteiger partial charge in [0, 0.05) is 17.7 Å². The van der Waals surface area contributed by atoms with E-state index in [4.69, 9.17) is 0 Å². The van der Waals surface area contributed by atoms with E-state index in [2.05, 4.69) is 12.1 Å². The Morgan fingerprint density at radius 1 is 1.00 bits per heavy atom. The van der Waals surface area contributed by atoms with Crippen molar-refractivity contribution in [3.63, 3.8) is 0 Å². The number of fused-ring (bicyclic) bond motifs is 4. The summed E-state index contributed by atoms with van der Waals surface area (Å²) in [7, 11) is -3.44. The van der Waals surface area contributed by atoms with Crippen molar-refractivity contribution in [2.75, 3.05) is 17.1 Å². The summed E-state index contributed by atoms with van der Waals surface area (Å²) < 4.78 is 26.6. The molecule has 2 aromatic carbocycles. The van der Waals surface area contributed by atoms with Crippen LogP contribution < -0.4 is 9.21 Å². The number of quaternary nitrogens is 1. The highest BCUT2D eigenvalue weighted by Crippen LogP contribution is 2.31. The Bertz CT molecular complexity index is 945. The fraction of sp³-hybridized carbons (Fsp3) is 0.111. The van der Waals surface area contributed by atoms with Crippen molar-refractivity contribution in [1.82, 2.24) is 0 Å². The summed E-state index contributed by atoms with van der Waals surface area (Å²) in [6.07, 6.45) is 7.33. The maximum absolute atomic E-state index is 12.6. The molecule has 2 aliphatic heterocycles. The van der Waals surface area contributed by atoms with Crippen LogP contribution in [-0.2, 0) is 10.0 Å². The number of anilines is 1. The Balaban J connectivity index is 1.99. The molecule has 5 heteroatoms. The minimum atomic E-state index is -3.44. The molecular formula is C18H17N2O2S+. The lowest BCUT2D eigenvalue weighted by Crippen LogP contribution is -3.06. The van der Waals surface area contributed by atoms with Crippen LogP contribution in [0, 0.1) is 0 Å². The molecule has 2 aromatic rings. The first-order valence-corrected chi connectivity index (χ1v) is 9.34. The van der Waals surface area contributed by atoms with Gasteiger partial charge < -0.3 is 0 Å². The van der Waals surface area contributed by atoms with Crippen molar-refractivity contribution >= 4 is 33.6 Å². The van der Waals surface area contributed by atoms with Crippen LogP contribution in [0.5, 0.6) is 0 Å². The van der Waals surface area contributed by atoms with Gasteiger partial charge in [-0.3, -0.25) is 4.90 Å². The van der Waals surface area contributed by atoms with E-state index in [1.165, 1.54) is 10.6 Å². The molecule has 0 radical (unpaired) electrons. The van der Waals surface area contributed by atoms with Gasteiger partial charge >= 0.3 is 0 Å². The second-order valence-electron chi connectivity index (χ2n) is 5.79. The van der Waals surface area contributed by atoms with Crippen molar-refractivity contribution < 1.29 is 13.3 Å². The minimum Gasteiger partial charge on any atom is -0.251 e. The van der Waals surface area contributed by atoms with E-state index < -0.39 is 10.0 Å². The number of rotatable bonds is 1. The smallest absolute Gasteiger partial charge is 0.240 e. The molecule has 1 atom stereocenters. The summed E-state index contributed by atoms with van der Waals surface area (Å²) in [5.41, 5.74) is 3.79. The summed E-state index contributed by atoms with van der Waals surface area (Å²) in [5, 5.41) is 0. The first kappa shape index (κ1) is 14.2. The third-order valence-electron chi connectivity index (χ3n) is 4.21. The summed E-state index contributed by atoms with van der Waals surface area (Å²) in [5.74, 6) is 0.755. The first-order chi connectivity index (χ1) is 11.1. The van der Waals surface area contributed by atoms with Crippen LogP contribution in [0.4, 0.5) is 11.4 Å². The van der Waals surface area contributed by atoms with Crippen LogP contribution in [0.25, 0.3) is 12.2 Å². The monoisotopic (exact) mass is 325 g/mol. The molecule has 0 aliphatic carbocycles. The van der Waals surface area contributed by atoms with Crippen molar-refractivity contribution in [2.24, 2.45) is 0 Å². The van der Waals surface area contributed by atoms with E-state index in [0.29, 0.717) is 12.2 Å². The summed E-state index contributed by atoms with van der Waals surface area (Å²) in [4.78, 5) is 1.05. The van der Waals surface area contributed by atoms with Gasteiger partial charge in [-0.2, -0.15) is 4.31 Å². The van der Waals surface area contributed by atoms with Gasteiger partial charge in [0.15, 0.2) is 0 Å². The molecule has 0 bridgehead atoms. The van der Waals surface area contributed by atoms with Crippen LogP contribution in [0.3, 0.4) is 0 Å². The highest BCUT2D eigenvalue weighted by molar-refractivity contribution is 7.92. The van der Waals surface area contributed by atoms with E-state index in [9.17, 15) is 8.42 Å². The summed E-state index contributed by atoms with van der Waals surface area (Å²) in [6.45, 7) is 0.712. The van der Waals surface area contributed by atoms with Crippen LogP contribution >= 0.6 is 0 Å². The molecule has 1 unspecified atom stereocenters. The van der Waals surface area contributed by atoms with E-state index in [-0.39, 0.29) is 0 Å². The quantitative estimate of drug-likeness (QED) is 0.871. The molecule has 0 aromatic heterocycles. The molecule has 0 spiro atoms. The fourth-order valence-corrected chi connectivity index (χ4v) is 4.31. The highest BCUT2D eigenvalue weighted by Gasteiger charge is 2.37. The lowest BCUT2D eigenvalue weighted by atomic mass is 10.1. The zero-order valence-electron chi connectivity index (χ0n) is 12.7. The summed E-state index contributed by atoms with van der Waals surface area (Å²) >= 11 is 0. The van der Waals surface area contributed by atoms with Crippen LogP contribution in [0.15, 0.2) is 60.4 Å². The molecular weight excluding hydrogens is 308 g/mol. The van der Waals surface area contributed by atoms with Gasteiger partial charge in [-0.05, 0) is 23.8 Å². The van der Waals surface area contributed by atoms with Crippen LogP contribution in [-0.4, -0.2) is 21.2 Å². The van der Waals surface area contributed by atoms with Crippen molar-refractivity contribution in [3.8, 4) is 0 Å². The molecule has 4 nitrogen and oxygen atoms in total. The average molecular weight is 325 g/mol. The summed E-state index contributed by atoms with van der Waals surface area (Å²) in [6, 6.07) is 15.6. The number of nitrogens with one attached hydrogen (secondary N) is 1. The third-order valence-corrected chi connectivity index (χ3v) is 5.27. The lowest BCUT2D eigenvalue weighted by molar-refractivity contribution is -0.779. The second-order valence-corrected chi connectivity index (χ2v) is 7.62. The molecule has 0 saturated carbocycles. The number of hydrogen-bond donors (Lipinski definition) is 1. The average Bonchev–Trinajstić information content (AvgIpc) is 2.83. The number of hydrogen-bond acceptors (Lipinski definition) is 2. The molecule has 23 heavy (non-hydrogen) atoms. The maximum atomic E-state index is 12.6. The Labute approximate surface area is 136 Å². The normalized spacial score (nSPS) is 20.7. The van der Waals surface area contributed by atoms with Gasteiger partial charge in [0.05, 0.1) is 11.9 Å². The zero-order valence-corrected chi connectivity index (χ0v) is 13.5. The Morgan fingerprint density at radius 2 is 1.70 bits per heavy atom. The van der Waals surface area contributed by atoms with Crippen molar-refractivity contribution in [2.45, 2.75) is 0 Å². The highest BCUT2D eigenvalue weighted by atomic mass is 32.2. The number of benzene rings is 2. The largest absolute Gasteiger partial charge is 0.251 e. The van der Waals surface area contributed by atoms with E-state index in [0.717, 1.165) is 27.5 Å². The van der Waals surface area contributed by atoms with Gasteiger partial charge in [0.25, 0.3) is 0 Å². The van der Waals surface area contributed by atoms with Gasteiger partial charge in [-0.25, -0.2) is 8.42 Å². The standard InChI is InChI=1S/C18H16N2O2S/c1-23(21,22)20-17-11-5-2-7-14(17)9-6-12-19-16-10-4-3-8-15(16)13-18(19)20/h2-11,13H,12H2,1H3/p+1/b9-6-. The van der Waals surface area contributed by atoms with Gasteiger partial charge in [0.2, 0.25) is 15.8 Å². The van der Waals surface area contributed by atoms with Gasteiger partial charge in [-0.15, -0.1) is 0 Å². The lowest BCUT2D eigenvalue weighted by Gasteiger charge is -2.28. The second kappa shape index (κ2) is 5.08. The zero-order chi connectivity index (χ0) is 16.0. The first-order valence-electron chi connectivity index (χ1n) is 7.49. The Hall–Kier alpha value is -2.37. The number of para-hydroxylation sites is 2. The van der Waals surface area contributed by atoms with Gasteiger partial charge in [-0.1, -0.05) is 36.4 Å². The number of nitrogens with zero attached hydrogens (tertiary/aromatic N) is 1. The number of sulfonamides is 1.